The average Bonchev–Trinajstić information content (AvgIpc) is 3.37. The van der Waals surface area contributed by atoms with E-state index in [4.69, 9.17) is 0 Å². The normalized spacial score (nSPS) is 19.7. The summed E-state index contributed by atoms with van der Waals surface area (Å²) in [6, 6.07) is 0.443. The zero-order valence-corrected chi connectivity index (χ0v) is 16.3. The maximum absolute atomic E-state index is 14.1. The van der Waals surface area contributed by atoms with Crippen LogP contribution >= 0.6 is 0 Å². The third-order valence-corrected chi connectivity index (χ3v) is 5.46. The maximum Gasteiger partial charge on any atom is 0.341 e. The molecule has 7 heteroatoms. The smallest absolute Gasteiger partial charge is 0.341 e. The lowest BCUT2D eigenvalue weighted by Crippen LogP contribution is -2.27. The highest BCUT2D eigenvalue weighted by Crippen LogP contribution is 2.44. The molecular formula is C21H26F2N2O3. The highest BCUT2D eigenvalue weighted by atomic mass is 19.1. The van der Waals surface area contributed by atoms with Crippen LogP contribution in [0.4, 0.5) is 8.78 Å². The molecule has 1 aliphatic rings. The Morgan fingerprint density at radius 3 is 2.61 bits per heavy atom. The molecule has 0 aliphatic heterocycles. The van der Waals surface area contributed by atoms with Crippen LogP contribution in [0, 0.1) is 5.82 Å². The van der Waals surface area contributed by atoms with E-state index < -0.39 is 29.4 Å². The van der Waals surface area contributed by atoms with Gasteiger partial charge in [0.2, 0.25) is 5.43 Å². The second-order valence-corrected chi connectivity index (χ2v) is 7.59. The van der Waals surface area contributed by atoms with Crippen LogP contribution in [0.15, 0.2) is 17.1 Å². The van der Waals surface area contributed by atoms with E-state index in [1.807, 2.05) is 6.92 Å². The van der Waals surface area contributed by atoms with Crippen molar-refractivity contribution in [1.82, 2.24) is 9.55 Å². The average molecular weight is 392 g/mol. The van der Waals surface area contributed by atoms with Crippen LogP contribution < -0.4 is 5.43 Å². The first-order valence-corrected chi connectivity index (χ1v) is 10.0. The number of aromatic nitrogens is 2. The molecule has 1 N–H and O–H groups in total. The molecule has 1 aliphatic carbocycles. The van der Waals surface area contributed by atoms with Crippen LogP contribution in [-0.2, 0) is 0 Å². The molecule has 2 heterocycles. The molecule has 152 valence electrons. The summed E-state index contributed by atoms with van der Waals surface area (Å²) in [6.07, 6.45) is 5.26. The van der Waals surface area contributed by atoms with Crippen molar-refractivity contribution < 1.29 is 18.7 Å². The molecule has 0 radical (unpaired) electrons. The van der Waals surface area contributed by atoms with Crippen molar-refractivity contribution >= 4 is 17.0 Å². The maximum atomic E-state index is 14.1. The van der Waals surface area contributed by atoms with Gasteiger partial charge in [-0.3, -0.25) is 4.79 Å². The van der Waals surface area contributed by atoms with Crippen LogP contribution in [0.5, 0.6) is 0 Å². The van der Waals surface area contributed by atoms with Crippen LogP contribution in [-0.4, -0.2) is 26.8 Å². The Bertz CT molecular complexity index is 941. The molecule has 2 aromatic heterocycles. The van der Waals surface area contributed by atoms with E-state index in [1.165, 1.54) is 0 Å². The minimum Gasteiger partial charge on any atom is -0.477 e. The molecule has 1 fully saturated rings. The van der Waals surface area contributed by atoms with Crippen molar-refractivity contribution in [3.8, 4) is 0 Å². The quantitative estimate of drug-likeness (QED) is 0.611. The fourth-order valence-electron chi connectivity index (χ4n) is 4.05. The first kappa shape index (κ1) is 20.4. The zero-order valence-electron chi connectivity index (χ0n) is 16.3. The molecular weight excluding hydrogens is 366 g/mol. The molecule has 28 heavy (non-hydrogen) atoms. The predicted octanol–water partition coefficient (Wildman–Crippen LogP) is 4.98. The Labute approximate surface area is 162 Å². The molecule has 3 atom stereocenters. The Morgan fingerprint density at radius 1 is 1.32 bits per heavy atom. The van der Waals surface area contributed by atoms with Crippen molar-refractivity contribution in [2.75, 3.05) is 0 Å². The van der Waals surface area contributed by atoms with Gasteiger partial charge in [0.25, 0.3) is 0 Å². The fourth-order valence-corrected chi connectivity index (χ4v) is 4.05. The minimum atomic E-state index is -1.35. The van der Waals surface area contributed by atoms with Crippen molar-refractivity contribution in [3.05, 3.63) is 39.6 Å². The van der Waals surface area contributed by atoms with E-state index in [-0.39, 0.29) is 28.9 Å². The molecule has 0 amide bonds. The lowest BCUT2D eigenvalue weighted by atomic mass is 9.89. The molecule has 1 saturated carbocycles. The summed E-state index contributed by atoms with van der Waals surface area (Å²) < 4.78 is 29.4. The van der Waals surface area contributed by atoms with Gasteiger partial charge in [-0.25, -0.2) is 18.6 Å². The van der Waals surface area contributed by atoms with Gasteiger partial charge in [-0.2, -0.15) is 0 Å². The number of rotatable bonds is 9. The Hall–Kier alpha value is -2.31. The van der Waals surface area contributed by atoms with E-state index in [9.17, 15) is 23.5 Å². The third kappa shape index (κ3) is 3.80. The van der Waals surface area contributed by atoms with Gasteiger partial charge in [0.15, 0.2) is 0 Å². The molecule has 5 nitrogen and oxygen atoms in total. The van der Waals surface area contributed by atoms with Gasteiger partial charge in [-0.15, -0.1) is 0 Å². The number of hydrogen-bond acceptors (Lipinski definition) is 3. The Balaban J connectivity index is 2.31. The topological polar surface area (TPSA) is 72.2 Å². The molecule has 0 spiro atoms. The van der Waals surface area contributed by atoms with Gasteiger partial charge in [0.1, 0.15) is 23.2 Å². The monoisotopic (exact) mass is 392 g/mol. The Morgan fingerprint density at radius 2 is 2.04 bits per heavy atom. The highest BCUT2D eigenvalue weighted by Gasteiger charge is 2.43. The van der Waals surface area contributed by atoms with Gasteiger partial charge < -0.3 is 9.67 Å². The number of nitrogens with zero attached hydrogens (tertiary/aromatic N) is 2. The fraction of sp³-hybridized carbons (Fsp3) is 0.571. The van der Waals surface area contributed by atoms with Crippen LogP contribution in [0.3, 0.4) is 0 Å². The predicted molar refractivity (Wildman–Crippen MR) is 103 cm³/mol. The number of carbonyl (C=O) groups is 1. The van der Waals surface area contributed by atoms with Crippen LogP contribution in [0.1, 0.15) is 86.8 Å². The Kier molecular flexibility index (Phi) is 6.10. The number of fused-ring (bicyclic) bond motifs is 1. The number of aromatic carboxylic acids is 1. The van der Waals surface area contributed by atoms with E-state index in [2.05, 4.69) is 11.9 Å². The number of pyridine rings is 2. The molecule has 0 aromatic carbocycles. The summed E-state index contributed by atoms with van der Waals surface area (Å²) in [5.74, 6) is -2.26. The first-order chi connectivity index (χ1) is 13.4. The first-order valence-electron chi connectivity index (χ1n) is 10.0. The number of hydrogen-bond donors (Lipinski definition) is 1. The summed E-state index contributed by atoms with van der Waals surface area (Å²) in [6.45, 7) is 4.08. The van der Waals surface area contributed by atoms with Crippen LogP contribution in [0.25, 0.3) is 11.0 Å². The summed E-state index contributed by atoms with van der Waals surface area (Å²) in [7, 11) is 0. The highest BCUT2D eigenvalue weighted by molar-refractivity contribution is 5.93. The summed E-state index contributed by atoms with van der Waals surface area (Å²) in [5, 5.41) is 9.73. The van der Waals surface area contributed by atoms with Crippen molar-refractivity contribution in [3.63, 3.8) is 0 Å². The molecule has 0 bridgehead atoms. The number of carboxylic acid groups (broad SMARTS) is 1. The number of unbranched alkanes of at least 4 members (excludes halogenated alkanes) is 2. The second kappa shape index (κ2) is 8.37. The largest absolute Gasteiger partial charge is 0.477 e. The zero-order chi connectivity index (χ0) is 20.4. The van der Waals surface area contributed by atoms with Crippen molar-refractivity contribution in [2.45, 2.75) is 76.9 Å². The lowest BCUT2D eigenvalue weighted by Gasteiger charge is -2.25. The van der Waals surface area contributed by atoms with Crippen molar-refractivity contribution in [2.24, 2.45) is 0 Å². The number of halogens is 2. The summed E-state index contributed by atoms with van der Waals surface area (Å²) in [5.41, 5.74) is -0.581. The second-order valence-electron chi connectivity index (χ2n) is 7.59. The SMILES string of the molecule is CCCCCC(CCC)c1c(C(=O)O)c(=O)c2cc(F)cnc2n1[C@@H]1C[C@@H]1F. The molecule has 2 aromatic rings. The van der Waals surface area contributed by atoms with Crippen LogP contribution in [0.2, 0.25) is 0 Å². The van der Waals surface area contributed by atoms with E-state index in [0.29, 0.717) is 12.1 Å². The van der Waals surface area contributed by atoms with Gasteiger partial charge in [-0.05, 0) is 18.9 Å². The number of alkyl halides is 1. The van der Waals surface area contributed by atoms with Gasteiger partial charge in [0, 0.05) is 18.0 Å². The van der Waals surface area contributed by atoms with Crippen molar-refractivity contribution in [1.29, 1.82) is 0 Å². The minimum absolute atomic E-state index is 0.107. The third-order valence-electron chi connectivity index (χ3n) is 5.46. The standard InChI is InChI=1S/C21H26F2N2O3/c1-3-5-6-8-12(7-4-2)18-17(21(27)28)19(26)14-9-13(22)11-24-20(14)25(18)16-10-15(16)23/h9,11-12,15-16H,3-8,10H2,1-2H3,(H,27,28)/t12?,15-,16+/m0/s1. The number of carboxylic acids is 1. The van der Waals surface area contributed by atoms with Gasteiger partial charge in [0.05, 0.1) is 17.6 Å². The van der Waals surface area contributed by atoms with Gasteiger partial charge in [-0.1, -0.05) is 39.5 Å². The lowest BCUT2D eigenvalue weighted by molar-refractivity contribution is 0.0692. The van der Waals surface area contributed by atoms with Gasteiger partial charge >= 0.3 is 5.97 Å². The van der Waals surface area contributed by atoms with E-state index in [0.717, 1.165) is 44.4 Å². The summed E-state index contributed by atoms with van der Waals surface area (Å²) >= 11 is 0. The molecule has 3 rings (SSSR count). The molecule has 0 saturated heterocycles. The molecule has 1 unspecified atom stereocenters. The van der Waals surface area contributed by atoms with E-state index >= 15 is 0 Å². The summed E-state index contributed by atoms with van der Waals surface area (Å²) in [4.78, 5) is 29.1. The van der Waals surface area contributed by atoms with E-state index in [1.54, 1.807) is 4.57 Å².